The molecular formula is C12H15BrN2O3. The minimum atomic E-state index is -1.21. The van der Waals surface area contributed by atoms with E-state index in [4.69, 9.17) is 5.11 Å². The summed E-state index contributed by atoms with van der Waals surface area (Å²) in [5.74, 6) is -1.64. The van der Waals surface area contributed by atoms with Crippen LogP contribution in [0.2, 0.25) is 0 Å². The van der Waals surface area contributed by atoms with Gasteiger partial charge in [0, 0.05) is 18.1 Å². The van der Waals surface area contributed by atoms with E-state index in [0.29, 0.717) is 6.54 Å². The summed E-state index contributed by atoms with van der Waals surface area (Å²) in [5, 5.41) is 11.4. The lowest BCUT2D eigenvalue weighted by atomic mass is 10.2. The Labute approximate surface area is 114 Å². The maximum atomic E-state index is 11.9. The number of nitrogens with zero attached hydrogens (tertiary/aromatic N) is 1. The SMILES string of the molecule is CNC(C(=O)O)C(=O)N(C)Cc1cccc(Br)c1. The lowest BCUT2D eigenvalue weighted by molar-refractivity contribution is -0.147. The average molecular weight is 315 g/mol. The van der Waals surface area contributed by atoms with E-state index in [9.17, 15) is 9.59 Å². The van der Waals surface area contributed by atoms with Crippen molar-refractivity contribution in [3.05, 3.63) is 34.3 Å². The number of halogens is 1. The zero-order valence-corrected chi connectivity index (χ0v) is 11.8. The third-order valence-corrected chi connectivity index (χ3v) is 2.96. The van der Waals surface area contributed by atoms with Crippen LogP contribution in [0.3, 0.4) is 0 Å². The van der Waals surface area contributed by atoms with Crippen molar-refractivity contribution in [1.82, 2.24) is 10.2 Å². The number of amides is 1. The van der Waals surface area contributed by atoms with Crippen LogP contribution in [0.4, 0.5) is 0 Å². The molecule has 1 aromatic rings. The minimum Gasteiger partial charge on any atom is -0.480 e. The summed E-state index contributed by atoms with van der Waals surface area (Å²) in [5.41, 5.74) is 0.931. The maximum absolute atomic E-state index is 11.9. The molecule has 0 heterocycles. The van der Waals surface area contributed by atoms with Crippen LogP contribution in [0.5, 0.6) is 0 Å². The van der Waals surface area contributed by atoms with Crippen molar-refractivity contribution in [2.24, 2.45) is 0 Å². The number of aliphatic carboxylic acids is 1. The Morgan fingerprint density at radius 3 is 2.67 bits per heavy atom. The lowest BCUT2D eigenvalue weighted by Gasteiger charge is -2.21. The Bertz CT molecular complexity index is 451. The second-order valence-corrected chi connectivity index (χ2v) is 4.80. The smallest absolute Gasteiger partial charge is 0.330 e. The van der Waals surface area contributed by atoms with Crippen molar-refractivity contribution in [3.63, 3.8) is 0 Å². The zero-order chi connectivity index (χ0) is 13.7. The van der Waals surface area contributed by atoms with Crippen LogP contribution in [0, 0.1) is 0 Å². The van der Waals surface area contributed by atoms with Crippen molar-refractivity contribution >= 4 is 27.8 Å². The van der Waals surface area contributed by atoms with Gasteiger partial charge in [0.05, 0.1) is 0 Å². The molecule has 0 aliphatic rings. The first-order valence-corrected chi connectivity index (χ1v) is 6.14. The molecule has 1 amide bonds. The van der Waals surface area contributed by atoms with Crippen molar-refractivity contribution < 1.29 is 14.7 Å². The fourth-order valence-electron chi connectivity index (χ4n) is 1.56. The number of carboxylic acids is 1. The highest BCUT2D eigenvalue weighted by Gasteiger charge is 2.27. The van der Waals surface area contributed by atoms with Gasteiger partial charge in [-0.1, -0.05) is 28.1 Å². The Hall–Kier alpha value is -1.40. The summed E-state index contributed by atoms with van der Waals surface area (Å²) in [7, 11) is 3.03. The van der Waals surface area contributed by atoms with Crippen LogP contribution in [0.15, 0.2) is 28.7 Å². The van der Waals surface area contributed by atoms with Gasteiger partial charge in [-0.05, 0) is 24.7 Å². The van der Waals surface area contributed by atoms with Gasteiger partial charge >= 0.3 is 5.97 Å². The van der Waals surface area contributed by atoms with Gasteiger partial charge in [0.25, 0.3) is 5.91 Å². The highest BCUT2D eigenvalue weighted by Crippen LogP contribution is 2.13. The van der Waals surface area contributed by atoms with Crippen molar-refractivity contribution in [2.45, 2.75) is 12.6 Å². The van der Waals surface area contributed by atoms with Crippen molar-refractivity contribution in [3.8, 4) is 0 Å². The second-order valence-electron chi connectivity index (χ2n) is 3.88. The largest absolute Gasteiger partial charge is 0.480 e. The molecule has 1 rings (SSSR count). The summed E-state index contributed by atoms with van der Waals surface area (Å²) in [4.78, 5) is 24.1. The molecule has 1 unspecified atom stereocenters. The van der Waals surface area contributed by atoms with Gasteiger partial charge in [-0.15, -0.1) is 0 Å². The molecule has 0 aromatic heterocycles. The number of likely N-dealkylation sites (N-methyl/N-ethyl adjacent to an activating group) is 2. The maximum Gasteiger partial charge on any atom is 0.330 e. The molecule has 1 aromatic carbocycles. The highest BCUT2D eigenvalue weighted by molar-refractivity contribution is 9.10. The molecule has 0 fully saturated rings. The average Bonchev–Trinajstić information content (AvgIpc) is 2.29. The molecule has 1 atom stereocenters. The van der Waals surface area contributed by atoms with E-state index in [0.717, 1.165) is 10.0 Å². The summed E-state index contributed by atoms with van der Waals surface area (Å²) >= 11 is 3.35. The van der Waals surface area contributed by atoms with Crippen LogP contribution in [0.1, 0.15) is 5.56 Å². The zero-order valence-electron chi connectivity index (χ0n) is 10.2. The molecule has 6 heteroatoms. The predicted molar refractivity (Wildman–Crippen MR) is 71.1 cm³/mol. The number of rotatable bonds is 5. The van der Waals surface area contributed by atoms with Gasteiger partial charge in [-0.3, -0.25) is 10.1 Å². The molecule has 0 saturated carbocycles. The van der Waals surface area contributed by atoms with Crippen molar-refractivity contribution in [2.75, 3.05) is 14.1 Å². The Morgan fingerprint density at radius 1 is 1.50 bits per heavy atom. The van der Waals surface area contributed by atoms with Crippen LogP contribution < -0.4 is 5.32 Å². The summed E-state index contributed by atoms with van der Waals surface area (Å²) in [6.07, 6.45) is 0. The van der Waals surface area contributed by atoms with Crippen LogP contribution in [-0.2, 0) is 16.1 Å². The Balaban J connectivity index is 2.73. The fourth-order valence-corrected chi connectivity index (χ4v) is 2.01. The van der Waals surface area contributed by atoms with E-state index in [-0.39, 0.29) is 0 Å². The van der Waals surface area contributed by atoms with Gasteiger partial charge in [-0.25, -0.2) is 4.79 Å². The molecule has 5 nitrogen and oxygen atoms in total. The highest BCUT2D eigenvalue weighted by atomic mass is 79.9. The van der Waals surface area contributed by atoms with E-state index in [2.05, 4.69) is 21.2 Å². The van der Waals surface area contributed by atoms with Crippen LogP contribution in [0.25, 0.3) is 0 Å². The van der Waals surface area contributed by atoms with Crippen molar-refractivity contribution in [1.29, 1.82) is 0 Å². The number of nitrogens with one attached hydrogen (secondary N) is 1. The standard InChI is InChI=1S/C12H15BrN2O3/c1-14-10(12(17)18)11(16)15(2)7-8-4-3-5-9(13)6-8/h3-6,10,14H,7H2,1-2H3,(H,17,18). The minimum absolute atomic E-state index is 0.365. The Kier molecular flexibility index (Phi) is 5.30. The number of hydrogen-bond donors (Lipinski definition) is 2. The van der Waals surface area contributed by atoms with Crippen LogP contribution >= 0.6 is 15.9 Å². The first kappa shape index (κ1) is 14.7. The van der Waals surface area contributed by atoms with Gasteiger partial charge in [0.1, 0.15) is 0 Å². The monoisotopic (exact) mass is 314 g/mol. The number of carbonyl (C=O) groups is 2. The first-order chi connectivity index (χ1) is 8.45. The van der Waals surface area contributed by atoms with Crippen LogP contribution in [-0.4, -0.2) is 42.0 Å². The normalized spacial score (nSPS) is 11.9. The molecule has 18 heavy (non-hydrogen) atoms. The topological polar surface area (TPSA) is 69.6 Å². The summed E-state index contributed by atoms with van der Waals surface area (Å²) in [6.45, 7) is 0.365. The molecule has 0 aliphatic carbocycles. The number of hydrogen-bond acceptors (Lipinski definition) is 3. The quantitative estimate of drug-likeness (QED) is 0.798. The van der Waals surface area contributed by atoms with Gasteiger partial charge in [0.2, 0.25) is 0 Å². The molecule has 0 aliphatic heterocycles. The fraction of sp³-hybridized carbons (Fsp3) is 0.333. The van der Waals surface area contributed by atoms with E-state index >= 15 is 0 Å². The van der Waals surface area contributed by atoms with E-state index in [1.807, 2.05) is 24.3 Å². The summed E-state index contributed by atoms with van der Waals surface area (Å²) in [6, 6.07) is 6.31. The van der Waals surface area contributed by atoms with Gasteiger partial charge < -0.3 is 10.0 Å². The lowest BCUT2D eigenvalue weighted by Crippen LogP contribution is -2.48. The molecule has 2 N–H and O–H groups in total. The van der Waals surface area contributed by atoms with E-state index in [1.165, 1.54) is 11.9 Å². The van der Waals surface area contributed by atoms with E-state index in [1.54, 1.807) is 7.05 Å². The molecule has 98 valence electrons. The second kappa shape index (κ2) is 6.51. The summed E-state index contributed by atoms with van der Waals surface area (Å²) < 4.78 is 0.921. The number of carboxylic acid groups (broad SMARTS) is 1. The van der Waals surface area contributed by atoms with Gasteiger partial charge in [0.15, 0.2) is 6.04 Å². The van der Waals surface area contributed by atoms with Gasteiger partial charge in [-0.2, -0.15) is 0 Å². The third-order valence-electron chi connectivity index (χ3n) is 2.47. The first-order valence-electron chi connectivity index (χ1n) is 5.35. The predicted octanol–water partition coefficient (Wildman–Crippen LogP) is 1.08. The number of benzene rings is 1. The molecular weight excluding hydrogens is 300 g/mol. The molecule has 0 spiro atoms. The number of carbonyl (C=O) groups excluding carboxylic acids is 1. The molecule has 0 bridgehead atoms. The molecule has 0 radical (unpaired) electrons. The molecule has 0 saturated heterocycles. The third kappa shape index (κ3) is 3.82. The Morgan fingerprint density at radius 2 is 2.17 bits per heavy atom. The van der Waals surface area contributed by atoms with E-state index < -0.39 is 17.9 Å².